The molecule has 1 aromatic rings. The van der Waals surface area contributed by atoms with Crippen LogP contribution in [0.15, 0.2) is 29.2 Å². The number of carbonyl (C=O) groups is 1. The topological polar surface area (TPSA) is 54.5 Å². The van der Waals surface area contributed by atoms with Crippen LogP contribution in [0.25, 0.3) is 0 Å². The van der Waals surface area contributed by atoms with E-state index in [0.29, 0.717) is 18.0 Å². The van der Waals surface area contributed by atoms with Gasteiger partial charge in [-0.1, -0.05) is 30.9 Å². The van der Waals surface area contributed by atoms with E-state index in [1.807, 2.05) is 0 Å². The molecule has 1 heterocycles. The molecular weight excluding hydrogens is 310 g/mol. The van der Waals surface area contributed by atoms with Gasteiger partial charge in [0.25, 0.3) is 10.0 Å². The zero-order valence-electron chi connectivity index (χ0n) is 11.7. The Hall–Kier alpha value is -1.07. The standard InChI is InChI=1S/C15H18ClNO3S/c16-12-4-6-13(7-5-12)21(19,20)17-11-15(10-14(17)18)8-2-1-3-9-15/h4-7H,1-3,8-11H2. The summed E-state index contributed by atoms with van der Waals surface area (Å²) in [6, 6.07) is 5.98. The molecule has 6 heteroatoms. The molecule has 0 radical (unpaired) electrons. The third kappa shape index (κ3) is 2.69. The van der Waals surface area contributed by atoms with E-state index in [9.17, 15) is 13.2 Å². The van der Waals surface area contributed by atoms with Crippen molar-refractivity contribution in [2.45, 2.75) is 43.4 Å². The van der Waals surface area contributed by atoms with Crippen LogP contribution in [0.2, 0.25) is 5.02 Å². The van der Waals surface area contributed by atoms with Gasteiger partial charge < -0.3 is 0 Å². The fourth-order valence-electron chi connectivity index (χ4n) is 3.45. The normalized spacial score (nSPS) is 22.0. The Morgan fingerprint density at radius 3 is 2.29 bits per heavy atom. The quantitative estimate of drug-likeness (QED) is 0.838. The number of sulfonamides is 1. The van der Waals surface area contributed by atoms with Crippen molar-refractivity contribution in [2.75, 3.05) is 6.54 Å². The van der Waals surface area contributed by atoms with Crippen LogP contribution < -0.4 is 0 Å². The van der Waals surface area contributed by atoms with Crippen molar-refractivity contribution in [1.29, 1.82) is 0 Å². The van der Waals surface area contributed by atoms with E-state index in [1.54, 1.807) is 0 Å². The molecule has 3 rings (SSSR count). The lowest BCUT2D eigenvalue weighted by atomic mass is 9.73. The van der Waals surface area contributed by atoms with E-state index < -0.39 is 10.0 Å². The number of hydrogen-bond donors (Lipinski definition) is 0. The molecule has 2 fully saturated rings. The van der Waals surface area contributed by atoms with Crippen molar-refractivity contribution in [3.63, 3.8) is 0 Å². The van der Waals surface area contributed by atoms with Crippen LogP contribution in [0, 0.1) is 5.41 Å². The molecular formula is C15H18ClNO3S. The number of hydrogen-bond acceptors (Lipinski definition) is 3. The van der Waals surface area contributed by atoms with Crippen LogP contribution in [0.5, 0.6) is 0 Å². The maximum Gasteiger partial charge on any atom is 0.266 e. The molecule has 1 saturated heterocycles. The fourth-order valence-corrected chi connectivity index (χ4v) is 5.08. The minimum absolute atomic E-state index is 0.130. The van der Waals surface area contributed by atoms with Gasteiger partial charge in [0.1, 0.15) is 0 Å². The Labute approximate surface area is 130 Å². The van der Waals surface area contributed by atoms with Gasteiger partial charge in [0.15, 0.2) is 0 Å². The van der Waals surface area contributed by atoms with Gasteiger partial charge in [0.05, 0.1) is 4.90 Å². The smallest absolute Gasteiger partial charge is 0.266 e. The molecule has 2 aliphatic rings. The third-order valence-corrected chi connectivity index (χ3v) is 6.63. The van der Waals surface area contributed by atoms with Crippen LogP contribution in [0.4, 0.5) is 0 Å². The molecule has 114 valence electrons. The lowest BCUT2D eigenvalue weighted by Gasteiger charge is -2.32. The molecule has 21 heavy (non-hydrogen) atoms. The minimum Gasteiger partial charge on any atom is -0.274 e. The zero-order chi connectivity index (χ0) is 15.1. The molecule has 0 atom stereocenters. The predicted octanol–water partition coefficient (Wildman–Crippen LogP) is 3.21. The summed E-state index contributed by atoms with van der Waals surface area (Å²) in [7, 11) is -3.75. The first-order valence-corrected chi connectivity index (χ1v) is 9.06. The summed E-state index contributed by atoms with van der Waals surface area (Å²) in [6.07, 6.45) is 5.61. The van der Waals surface area contributed by atoms with E-state index in [2.05, 4.69) is 0 Å². The van der Waals surface area contributed by atoms with E-state index in [-0.39, 0.29) is 16.2 Å². The molecule has 4 nitrogen and oxygen atoms in total. The maximum absolute atomic E-state index is 12.6. The van der Waals surface area contributed by atoms with Gasteiger partial charge in [-0.25, -0.2) is 12.7 Å². The van der Waals surface area contributed by atoms with Crippen molar-refractivity contribution in [2.24, 2.45) is 5.41 Å². The Kier molecular flexibility index (Phi) is 3.74. The number of benzene rings is 1. The van der Waals surface area contributed by atoms with Gasteiger partial charge in [-0.05, 0) is 42.5 Å². The molecule has 1 aliphatic heterocycles. The highest BCUT2D eigenvalue weighted by Gasteiger charge is 2.47. The van der Waals surface area contributed by atoms with Gasteiger partial charge in [0.2, 0.25) is 5.91 Å². The monoisotopic (exact) mass is 327 g/mol. The highest BCUT2D eigenvalue weighted by Crippen LogP contribution is 2.45. The van der Waals surface area contributed by atoms with Gasteiger partial charge in [-0.3, -0.25) is 4.79 Å². The highest BCUT2D eigenvalue weighted by molar-refractivity contribution is 7.89. The average Bonchev–Trinajstić information content (AvgIpc) is 2.77. The molecule has 0 unspecified atom stereocenters. The van der Waals surface area contributed by atoms with Crippen LogP contribution in [-0.2, 0) is 14.8 Å². The lowest BCUT2D eigenvalue weighted by Crippen LogP contribution is -2.35. The summed E-state index contributed by atoms with van der Waals surface area (Å²) in [5.41, 5.74) is -0.130. The average molecular weight is 328 g/mol. The number of carbonyl (C=O) groups excluding carboxylic acids is 1. The summed E-state index contributed by atoms with van der Waals surface area (Å²) in [6.45, 7) is 0.330. The Morgan fingerprint density at radius 2 is 1.67 bits per heavy atom. The molecule has 0 N–H and O–H groups in total. The van der Waals surface area contributed by atoms with Crippen molar-refractivity contribution >= 4 is 27.5 Å². The van der Waals surface area contributed by atoms with Crippen LogP contribution >= 0.6 is 11.6 Å². The molecule has 0 bridgehead atoms. The molecule has 0 aromatic heterocycles. The number of rotatable bonds is 2. The third-order valence-electron chi connectivity index (χ3n) is 4.60. The lowest BCUT2D eigenvalue weighted by molar-refractivity contribution is -0.124. The SMILES string of the molecule is O=C1CC2(CCCCC2)CN1S(=O)(=O)c1ccc(Cl)cc1. The van der Waals surface area contributed by atoms with Crippen LogP contribution in [-0.4, -0.2) is 25.2 Å². The predicted molar refractivity (Wildman–Crippen MR) is 80.5 cm³/mol. The second-order valence-corrected chi connectivity index (χ2v) is 8.40. The largest absolute Gasteiger partial charge is 0.274 e. The van der Waals surface area contributed by atoms with Crippen LogP contribution in [0.1, 0.15) is 38.5 Å². The van der Waals surface area contributed by atoms with E-state index in [1.165, 1.54) is 30.7 Å². The van der Waals surface area contributed by atoms with Crippen molar-refractivity contribution in [1.82, 2.24) is 4.31 Å². The Balaban J connectivity index is 1.89. The van der Waals surface area contributed by atoms with Gasteiger partial charge in [0, 0.05) is 18.0 Å². The summed E-state index contributed by atoms with van der Waals surface area (Å²) in [5.74, 6) is -0.271. The second-order valence-electron chi connectivity index (χ2n) is 6.10. The van der Waals surface area contributed by atoms with Crippen molar-refractivity contribution in [3.05, 3.63) is 29.3 Å². The molecule has 1 aromatic carbocycles. The summed E-state index contributed by atoms with van der Waals surface area (Å²) < 4.78 is 26.4. The zero-order valence-corrected chi connectivity index (χ0v) is 13.3. The van der Waals surface area contributed by atoms with Gasteiger partial charge in [-0.2, -0.15) is 0 Å². The van der Waals surface area contributed by atoms with Crippen molar-refractivity contribution < 1.29 is 13.2 Å². The molecule has 1 spiro atoms. The number of nitrogens with zero attached hydrogens (tertiary/aromatic N) is 1. The Bertz CT molecular complexity index is 648. The minimum atomic E-state index is -3.75. The first-order valence-electron chi connectivity index (χ1n) is 7.24. The summed E-state index contributed by atoms with van der Waals surface area (Å²) in [5, 5.41) is 0.477. The van der Waals surface area contributed by atoms with Crippen molar-refractivity contribution in [3.8, 4) is 0 Å². The Morgan fingerprint density at radius 1 is 1.05 bits per heavy atom. The van der Waals surface area contributed by atoms with Crippen LogP contribution in [0.3, 0.4) is 0 Å². The molecule has 1 aliphatic carbocycles. The maximum atomic E-state index is 12.6. The number of halogens is 1. The van der Waals surface area contributed by atoms with E-state index >= 15 is 0 Å². The van der Waals surface area contributed by atoms with Gasteiger partial charge in [-0.15, -0.1) is 0 Å². The van der Waals surface area contributed by atoms with E-state index in [4.69, 9.17) is 11.6 Å². The molecule has 1 amide bonds. The summed E-state index contributed by atoms with van der Waals surface area (Å²) >= 11 is 5.79. The highest BCUT2D eigenvalue weighted by atomic mass is 35.5. The molecule has 1 saturated carbocycles. The van der Waals surface area contributed by atoms with E-state index in [0.717, 1.165) is 30.0 Å². The second kappa shape index (κ2) is 5.29. The number of amides is 1. The van der Waals surface area contributed by atoms with Gasteiger partial charge >= 0.3 is 0 Å². The first kappa shape index (κ1) is 14.9. The fraction of sp³-hybridized carbons (Fsp3) is 0.533. The summed E-state index contributed by atoms with van der Waals surface area (Å²) in [4.78, 5) is 12.4. The first-order chi connectivity index (χ1) is 9.93.